The lowest BCUT2D eigenvalue weighted by Crippen LogP contribution is -2.27. The van der Waals surface area contributed by atoms with Gasteiger partial charge in [-0.05, 0) is 36.8 Å². The molecule has 0 saturated carbocycles. The molecule has 1 saturated heterocycles. The van der Waals surface area contributed by atoms with Gasteiger partial charge in [-0.15, -0.1) is 11.8 Å². The van der Waals surface area contributed by atoms with Crippen LogP contribution in [0.3, 0.4) is 0 Å². The average molecular weight is 281 g/mol. The smallest absolute Gasteiger partial charge is 0.237 e. The van der Waals surface area contributed by atoms with Crippen molar-refractivity contribution in [2.75, 3.05) is 11.1 Å². The van der Waals surface area contributed by atoms with Gasteiger partial charge in [-0.1, -0.05) is 18.0 Å². The Bertz CT molecular complexity index is 492. The van der Waals surface area contributed by atoms with E-state index in [2.05, 4.69) is 5.32 Å². The van der Waals surface area contributed by atoms with Crippen molar-refractivity contribution >= 4 is 35.0 Å². The van der Waals surface area contributed by atoms with Gasteiger partial charge in [0.2, 0.25) is 5.91 Å². The lowest BCUT2D eigenvalue weighted by molar-refractivity contribution is -0.115. The molecule has 18 heavy (non-hydrogen) atoms. The highest BCUT2D eigenvalue weighted by atomic mass is 35.5. The molecule has 1 fully saturated rings. The van der Waals surface area contributed by atoms with Gasteiger partial charge in [0, 0.05) is 0 Å². The largest absolute Gasteiger partial charge is 0.324 e. The van der Waals surface area contributed by atoms with Crippen molar-refractivity contribution < 1.29 is 4.79 Å². The number of carbonyl (C=O) groups is 1. The van der Waals surface area contributed by atoms with Gasteiger partial charge in [0.05, 0.1) is 27.6 Å². The van der Waals surface area contributed by atoms with Crippen molar-refractivity contribution in [3.8, 4) is 6.07 Å². The van der Waals surface area contributed by atoms with Crippen molar-refractivity contribution in [1.29, 1.82) is 5.26 Å². The Morgan fingerprint density at radius 3 is 3.00 bits per heavy atom. The molecule has 1 heterocycles. The van der Waals surface area contributed by atoms with E-state index in [-0.39, 0.29) is 11.2 Å². The lowest BCUT2D eigenvalue weighted by atomic mass is 10.1. The highest BCUT2D eigenvalue weighted by Gasteiger charge is 2.22. The molecule has 1 unspecified atom stereocenters. The summed E-state index contributed by atoms with van der Waals surface area (Å²) >= 11 is 7.69. The number of nitriles is 1. The fourth-order valence-electron chi connectivity index (χ4n) is 1.85. The SMILES string of the molecule is N#Cc1ccc(Cl)c(NC(=O)C2CCCCS2)c1. The molecule has 1 N–H and O–H groups in total. The Morgan fingerprint density at radius 1 is 1.50 bits per heavy atom. The molecule has 1 amide bonds. The summed E-state index contributed by atoms with van der Waals surface area (Å²) in [6.07, 6.45) is 3.18. The van der Waals surface area contributed by atoms with Crippen LogP contribution >= 0.6 is 23.4 Å². The van der Waals surface area contributed by atoms with Crippen LogP contribution in [0.25, 0.3) is 0 Å². The second-order valence-electron chi connectivity index (χ2n) is 4.15. The van der Waals surface area contributed by atoms with Crippen LogP contribution in [0.4, 0.5) is 5.69 Å². The number of hydrogen-bond donors (Lipinski definition) is 1. The van der Waals surface area contributed by atoms with Gasteiger partial charge in [0.25, 0.3) is 0 Å². The number of thioether (sulfide) groups is 1. The Balaban J connectivity index is 2.08. The summed E-state index contributed by atoms with van der Waals surface area (Å²) in [6, 6.07) is 6.90. The summed E-state index contributed by atoms with van der Waals surface area (Å²) in [7, 11) is 0. The first-order chi connectivity index (χ1) is 8.70. The van der Waals surface area contributed by atoms with E-state index >= 15 is 0 Å². The van der Waals surface area contributed by atoms with E-state index in [1.165, 1.54) is 6.42 Å². The van der Waals surface area contributed by atoms with Gasteiger partial charge in [0.1, 0.15) is 0 Å². The number of nitrogens with one attached hydrogen (secondary N) is 1. The minimum Gasteiger partial charge on any atom is -0.324 e. The van der Waals surface area contributed by atoms with Gasteiger partial charge in [-0.3, -0.25) is 4.79 Å². The molecule has 5 heteroatoms. The minimum absolute atomic E-state index is 0.000517. The van der Waals surface area contributed by atoms with Crippen LogP contribution in [0.5, 0.6) is 0 Å². The summed E-state index contributed by atoms with van der Waals surface area (Å²) in [5, 5.41) is 12.1. The first kappa shape index (κ1) is 13.3. The minimum atomic E-state index is -0.0170. The van der Waals surface area contributed by atoms with Gasteiger partial charge < -0.3 is 5.32 Å². The normalized spacial score (nSPS) is 19.0. The van der Waals surface area contributed by atoms with E-state index in [9.17, 15) is 4.79 Å². The first-order valence-corrected chi connectivity index (χ1v) is 7.25. The van der Waals surface area contributed by atoms with Gasteiger partial charge in [-0.2, -0.15) is 5.26 Å². The molecule has 2 rings (SSSR count). The zero-order valence-electron chi connectivity index (χ0n) is 9.78. The fraction of sp³-hybridized carbons (Fsp3) is 0.385. The van der Waals surface area contributed by atoms with E-state index < -0.39 is 0 Å². The van der Waals surface area contributed by atoms with Crippen LogP contribution in [0, 0.1) is 11.3 Å². The standard InChI is InChI=1S/C13H13ClN2OS/c14-10-5-4-9(8-15)7-11(10)16-13(17)12-3-1-2-6-18-12/h4-5,7,12H,1-3,6H2,(H,16,17). The highest BCUT2D eigenvalue weighted by molar-refractivity contribution is 8.00. The Morgan fingerprint density at radius 2 is 2.33 bits per heavy atom. The van der Waals surface area contributed by atoms with E-state index in [0.29, 0.717) is 16.3 Å². The van der Waals surface area contributed by atoms with Crippen LogP contribution in [0.15, 0.2) is 18.2 Å². The van der Waals surface area contributed by atoms with Crippen molar-refractivity contribution in [3.05, 3.63) is 28.8 Å². The molecule has 0 bridgehead atoms. The number of hydrogen-bond acceptors (Lipinski definition) is 3. The van der Waals surface area contributed by atoms with Crippen LogP contribution in [0.2, 0.25) is 5.02 Å². The van der Waals surface area contributed by atoms with Crippen molar-refractivity contribution in [1.82, 2.24) is 0 Å². The fourth-order valence-corrected chi connectivity index (χ4v) is 3.22. The summed E-state index contributed by atoms with van der Waals surface area (Å²) < 4.78 is 0. The summed E-state index contributed by atoms with van der Waals surface area (Å²) in [5.74, 6) is 1.01. The maximum Gasteiger partial charge on any atom is 0.237 e. The van der Waals surface area contributed by atoms with E-state index in [1.54, 1.807) is 30.0 Å². The molecule has 0 aliphatic carbocycles. The third-order valence-corrected chi connectivity index (χ3v) is 4.53. The quantitative estimate of drug-likeness (QED) is 0.903. The number of anilines is 1. The number of halogens is 1. The van der Waals surface area contributed by atoms with E-state index in [4.69, 9.17) is 16.9 Å². The predicted molar refractivity (Wildman–Crippen MR) is 74.9 cm³/mol. The molecule has 0 spiro atoms. The third-order valence-electron chi connectivity index (χ3n) is 2.83. The molecule has 1 atom stereocenters. The lowest BCUT2D eigenvalue weighted by Gasteiger charge is -2.20. The Kier molecular flexibility index (Phi) is 4.51. The van der Waals surface area contributed by atoms with Gasteiger partial charge in [0.15, 0.2) is 0 Å². The zero-order valence-corrected chi connectivity index (χ0v) is 11.4. The Labute approximate surface area is 116 Å². The number of rotatable bonds is 2. The molecule has 1 aliphatic rings. The average Bonchev–Trinajstić information content (AvgIpc) is 2.42. The summed E-state index contributed by atoms with van der Waals surface area (Å²) in [6.45, 7) is 0. The third kappa shape index (κ3) is 3.18. The van der Waals surface area contributed by atoms with Crippen molar-refractivity contribution in [2.24, 2.45) is 0 Å². The summed E-state index contributed by atoms with van der Waals surface area (Å²) in [5.41, 5.74) is 1.01. The maximum absolute atomic E-state index is 12.0. The van der Waals surface area contributed by atoms with Crippen LogP contribution < -0.4 is 5.32 Å². The monoisotopic (exact) mass is 280 g/mol. The molecule has 94 valence electrons. The van der Waals surface area contributed by atoms with Crippen LogP contribution in [-0.4, -0.2) is 16.9 Å². The number of amides is 1. The number of carbonyl (C=O) groups excluding carboxylic acids is 1. The number of benzene rings is 1. The van der Waals surface area contributed by atoms with Crippen molar-refractivity contribution in [3.63, 3.8) is 0 Å². The zero-order chi connectivity index (χ0) is 13.0. The van der Waals surface area contributed by atoms with Crippen LogP contribution in [0.1, 0.15) is 24.8 Å². The first-order valence-electron chi connectivity index (χ1n) is 5.83. The second-order valence-corrected chi connectivity index (χ2v) is 5.87. The molecule has 1 aliphatic heterocycles. The molecular formula is C13H13ClN2OS. The number of nitrogens with zero attached hydrogens (tertiary/aromatic N) is 1. The van der Waals surface area contributed by atoms with E-state index in [0.717, 1.165) is 18.6 Å². The molecular weight excluding hydrogens is 268 g/mol. The Hall–Kier alpha value is -1.18. The molecule has 0 aromatic heterocycles. The van der Waals surface area contributed by atoms with Gasteiger partial charge >= 0.3 is 0 Å². The predicted octanol–water partition coefficient (Wildman–Crippen LogP) is 3.44. The van der Waals surface area contributed by atoms with Gasteiger partial charge in [-0.25, -0.2) is 0 Å². The molecule has 1 aromatic carbocycles. The highest BCUT2D eigenvalue weighted by Crippen LogP contribution is 2.28. The summed E-state index contributed by atoms with van der Waals surface area (Å²) in [4.78, 5) is 12.0. The van der Waals surface area contributed by atoms with E-state index in [1.807, 2.05) is 6.07 Å². The molecule has 0 radical (unpaired) electrons. The topological polar surface area (TPSA) is 52.9 Å². The van der Waals surface area contributed by atoms with Crippen LogP contribution in [-0.2, 0) is 4.79 Å². The molecule has 3 nitrogen and oxygen atoms in total. The second kappa shape index (κ2) is 6.12. The van der Waals surface area contributed by atoms with Crippen molar-refractivity contribution in [2.45, 2.75) is 24.5 Å². The maximum atomic E-state index is 12.0. The molecule has 1 aromatic rings.